The maximum atomic E-state index is 14.1. The van der Waals surface area contributed by atoms with Crippen LogP contribution in [0, 0.1) is 5.92 Å². The van der Waals surface area contributed by atoms with Gasteiger partial charge >= 0.3 is 35.8 Å². The lowest BCUT2D eigenvalue weighted by molar-refractivity contribution is -0.442. The van der Waals surface area contributed by atoms with Crippen molar-refractivity contribution >= 4 is 22.6 Å². The Hall–Kier alpha value is -0.180. The van der Waals surface area contributed by atoms with Crippen molar-refractivity contribution in [2.45, 2.75) is 92.1 Å². The van der Waals surface area contributed by atoms with E-state index in [1.54, 1.807) is 0 Å². The van der Waals surface area contributed by atoms with Crippen LogP contribution < -0.4 is 0 Å². The van der Waals surface area contributed by atoms with Gasteiger partial charge in [0.15, 0.2) is 0 Å². The Morgan fingerprint density at radius 3 is 1.40 bits per heavy atom. The average molecular weight is 586 g/mol. The highest BCUT2D eigenvalue weighted by Crippen LogP contribution is 2.61. The van der Waals surface area contributed by atoms with E-state index in [9.17, 15) is 57.1 Å². The molecule has 2 unspecified atom stereocenters. The maximum absolute atomic E-state index is 14.1. The summed E-state index contributed by atoms with van der Waals surface area (Å²) in [5.74, 6) is -39.2. The summed E-state index contributed by atoms with van der Waals surface area (Å²) in [6, 6.07) is 0. The van der Waals surface area contributed by atoms with Crippen LogP contribution in [-0.4, -0.2) is 39.7 Å². The summed E-state index contributed by atoms with van der Waals surface area (Å²) in [6.07, 6.45) is -4.65. The van der Waals surface area contributed by atoms with E-state index in [0.29, 0.717) is 19.8 Å². The number of hydrogen-bond donors (Lipinski definition) is 0. The van der Waals surface area contributed by atoms with Crippen LogP contribution in [0.2, 0.25) is 0 Å². The van der Waals surface area contributed by atoms with E-state index in [1.165, 1.54) is 22.6 Å². The molecule has 0 saturated heterocycles. The summed E-state index contributed by atoms with van der Waals surface area (Å²) in [7, 11) is 0. The van der Waals surface area contributed by atoms with Gasteiger partial charge in [-0.15, -0.1) is 0 Å². The molecule has 0 aromatic carbocycles. The molecule has 0 aliphatic rings. The lowest BCUT2D eigenvalue weighted by Crippen LogP contribution is -2.71. The van der Waals surface area contributed by atoms with E-state index in [4.69, 9.17) is 0 Å². The number of alkyl halides is 14. The van der Waals surface area contributed by atoms with Crippen LogP contribution in [-0.2, 0) is 0 Å². The minimum absolute atomic E-state index is 0.207. The monoisotopic (exact) mass is 586 g/mol. The third kappa shape index (κ3) is 5.24. The van der Waals surface area contributed by atoms with Crippen LogP contribution in [0.5, 0.6) is 0 Å². The fraction of sp³-hybridized carbons (Fsp3) is 1.00. The quantitative estimate of drug-likeness (QED) is 0.0932. The van der Waals surface area contributed by atoms with E-state index in [-0.39, 0.29) is 12.8 Å². The standard InChI is InChI=1S/C16H20F13I/c1-3-4-5-6-7-8-10(30)9(2)11(17,18)12(19,20)13(21,22)14(23,24)15(25,26)16(27,28)29/h9-10H,3-8H2,1-2H3. The second kappa shape index (κ2) is 9.75. The zero-order valence-electron chi connectivity index (χ0n) is 15.7. The van der Waals surface area contributed by atoms with Gasteiger partial charge in [-0.2, -0.15) is 57.1 Å². The van der Waals surface area contributed by atoms with Gasteiger partial charge in [0.25, 0.3) is 0 Å². The van der Waals surface area contributed by atoms with E-state index < -0.39 is 45.6 Å². The number of rotatable bonds is 12. The fourth-order valence-electron chi connectivity index (χ4n) is 2.49. The van der Waals surface area contributed by atoms with Crippen LogP contribution in [0.15, 0.2) is 0 Å². The summed E-state index contributed by atoms with van der Waals surface area (Å²) in [4.78, 5) is 0. The molecular formula is C16H20F13I. The molecule has 0 aromatic rings. The summed E-state index contributed by atoms with van der Waals surface area (Å²) in [5, 5.41) is 0. The first-order valence-electron chi connectivity index (χ1n) is 8.74. The lowest BCUT2D eigenvalue weighted by atomic mass is 9.85. The van der Waals surface area contributed by atoms with Gasteiger partial charge in [0.2, 0.25) is 0 Å². The highest BCUT2D eigenvalue weighted by molar-refractivity contribution is 14.1. The van der Waals surface area contributed by atoms with Crippen LogP contribution in [0.3, 0.4) is 0 Å². The van der Waals surface area contributed by atoms with Gasteiger partial charge < -0.3 is 0 Å². The summed E-state index contributed by atoms with van der Waals surface area (Å²) >= 11 is 1.20. The molecular weight excluding hydrogens is 566 g/mol. The molecule has 30 heavy (non-hydrogen) atoms. The summed E-state index contributed by atoms with van der Waals surface area (Å²) in [5.41, 5.74) is 0. The number of hydrogen-bond acceptors (Lipinski definition) is 0. The van der Waals surface area contributed by atoms with Crippen molar-refractivity contribution in [3.8, 4) is 0 Å². The van der Waals surface area contributed by atoms with Gasteiger partial charge in [0.1, 0.15) is 0 Å². The molecule has 0 aromatic heterocycles. The fourth-order valence-corrected chi connectivity index (χ4v) is 3.38. The van der Waals surface area contributed by atoms with E-state index in [2.05, 4.69) is 0 Å². The van der Waals surface area contributed by atoms with Crippen LogP contribution >= 0.6 is 22.6 Å². The van der Waals surface area contributed by atoms with Crippen LogP contribution in [0.25, 0.3) is 0 Å². The first-order valence-corrected chi connectivity index (χ1v) is 9.99. The van der Waals surface area contributed by atoms with Crippen molar-refractivity contribution in [3.05, 3.63) is 0 Å². The zero-order valence-corrected chi connectivity index (χ0v) is 17.8. The molecule has 0 saturated carbocycles. The lowest BCUT2D eigenvalue weighted by Gasteiger charge is -2.42. The molecule has 0 nitrogen and oxygen atoms in total. The third-order valence-corrected chi connectivity index (χ3v) is 6.36. The first kappa shape index (κ1) is 29.8. The van der Waals surface area contributed by atoms with Gasteiger partial charge in [0.05, 0.1) is 0 Å². The molecule has 0 N–H and O–H groups in total. The smallest absolute Gasteiger partial charge is 0.199 e. The van der Waals surface area contributed by atoms with Crippen molar-refractivity contribution in [3.63, 3.8) is 0 Å². The molecule has 0 fully saturated rings. The summed E-state index contributed by atoms with van der Waals surface area (Å²) < 4.78 is 170. The molecule has 0 heterocycles. The van der Waals surface area contributed by atoms with Gasteiger partial charge in [-0.3, -0.25) is 0 Å². The molecule has 2 atom stereocenters. The molecule has 14 heteroatoms. The second-order valence-electron chi connectivity index (χ2n) is 6.93. The normalized spacial score (nSPS) is 17.2. The average Bonchev–Trinajstić information content (AvgIpc) is 2.58. The zero-order chi connectivity index (χ0) is 24.4. The minimum atomic E-state index is -7.84. The molecule has 0 aliphatic heterocycles. The number of unbranched alkanes of at least 4 members (excludes halogenated alkanes) is 4. The second-order valence-corrected chi connectivity index (χ2v) is 8.53. The van der Waals surface area contributed by atoms with Gasteiger partial charge in [0, 0.05) is 9.84 Å². The largest absolute Gasteiger partial charge is 0.460 e. The molecule has 0 aliphatic carbocycles. The SMILES string of the molecule is CCCCCCCC(I)C(C)C(F)(F)C(F)(F)C(F)(F)C(F)(F)C(F)(F)C(F)(F)F. The van der Waals surface area contributed by atoms with Gasteiger partial charge in [-0.25, -0.2) is 0 Å². The van der Waals surface area contributed by atoms with Gasteiger partial charge in [-0.1, -0.05) is 68.5 Å². The Morgan fingerprint density at radius 2 is 1.00 bits per heavy atom. The van der Waals surface area contributed by atoms with Crippen molar-refractivity contribution in [2.24, 2.45) is 5.92 Å². The molecule has 0 rings (SSSR count). The van der Waals surface area contributed by atoms with E-state index in [0.717, 1.165) is 12.8 Å². The van der Waals surface area contributed by atoms with Crippen molar-refractivity contribution in [1.82, 2.24) is 0 Å². The first-order chi connectivity index (χ1) is 13.1. The van der Waals surface area contributed by atoms with Crippen molar-refractivity contribution in [2.75, 3.05) is 0 Å². The molecule has 0 amide bonds. The summed E-state index contributed by atoms with van der Waals surface area (Å²) in [6.45, 7) is 2.18. The van der Waals surface area contributed by atoms with E-state index >= 15 is 0 Å². The van der Waals surface area contributed by atoms with Crippen LogP contribution in [0.1, 0.15) is 52.4 Å². The van der Waals surface area contributed by atoms with Crippen molar-refractivity contribution in [1.29, 1.82) is 0 Å². The van der Waals surface area contributed by atoms with E-state index in [1.807, 2.05) is 6.92 Å². The molecule has 182 valence electrons. The molecule has 0 spiro atoms. The molecule has 0 bridgehead atoms. The van der Waals surface area contributed by atoms with Gasteiger partial charge in [-0.05, 0) is 6.42 Å². The highest BCUT2D eigenvalue weighted by Gasteiger charge is 2.91. The predicted molar refractivity (Wildman–Crippen MR) is 91.1 cm³/mol. The Morgan fingerprint density at radius 1 is 0.600 bits per heavy atom. The van der Waals surface area contributed by atoms with Crippen LogP contribution in [0.4, 0.5) is 57.1 Å². The third-order valence-electron chi connectivity index (χ3n) is 4.66. The topological polar surface area (TPSA) is 0 Å². The maximum Gasteiger partial charge on any atom is 0.460 e. The molecule has 0 radical (unpaired) electrons. The Balaban J connectivity index is 5.78. The Kier molecular flexibility index (Phi) is 9.70. The highest BCUT2D eigenvalue weighted by atomic mass is 127. The minimum Gasteiger partial charge on any atom is -0.199 e. The van der Waals surface area contributed by atoms with Crippen molar-refractivity contribution < 1.29 is 57.1 Å². The predicted octanol–water partition coefficient (Wildman–Crippen LogP) is 8.53. The Labute approximate surface area is 178 Å². The Bertz CT molecular complexity index is 542. The number of halogens is 14.